The van der Waals surface area contributed by atoms with Crippen molar-refractivity contribution in [1.82, 2.24) is 0 Å². The Kier molecular flexibility index (Phi) is 10.9. The highest BCUT2D eigenvalue weighted by atomic mass is 16.6. The summed E-state index contributed by atoms with van der Waals surface area (Å²) in [6, 6.07) is 0. The average Bonchev–Trinajstić information content (AvgIpc) is 3.44. The minimum absolute atomic E-state index is 0. The van der Waals surface area contributed by atoms with Gasteiger partial charge in [-0.25, -0.2) is 9.59 Å². The predicted octanol–water partition coefficient (Wildman–Crippen LogP) is 1.83. The number of fused-ring (bicyclic) bond motifs is 2. The molecule has 190 valence electrons. The summed E-state index contributed by atoms with van der Waals surface area (Å²) in [6.07, 6.45) is 7.10. The Morgan fingerprint density at radius 2 is 1.50 bits per heavy atom. The van der Waals surface area contributed by atoms with Crippen molar-refractivity contribution in [2.45, 2.75) is 40.4 Å². The summed E-state index contributed by atoms with van der Waals surface area (Å²) < 4.78 is 14.3. The number of esters is 2. The lowest BCUT2D eigenvalue weighted by atomic mass is 9.77. The van der Waals surface area contributed by atoms with Gasteiger partial charge in [-0.3, -0.25) is 4.79 Å². The van der Waals surface area contributed by atoms with Crippen LogP contribution >= 0.6 is 0 Å². The number of ether oxygens (including phenoxy) is 3. The van der Waals surface area contributed by atoms with Gasteiger partial charge in [0.15, 0.2) is 0 Å². The molecule has 34 heavy (non-hydrogen) atoms. The highest BCUT2D eigenvalue weighted by molar-refractivity contribution is 5.96. The summed E-state index contributed by atoms with van der Waals surface area (Å²) in [7, 11) is 2.64. The maximum absolute atomic E-state index is 11.8. The van der Waals surface area contributed by atoms with Crippen LogP contribution in [0.5, 0.6) is 0 Å². The molecule has 0 unspecified atom stereocenters. The third kappa shape index (κ3) is 5.48. The fourth-order valence-electron chi connectivity index (χ4n) is 4.87. The van der Waals surface area contributed by atoms with Crippen LogP contribution in [-0.2, 0) is 28.6 Å². The van der Waals surface area contributed by atoms with Crippen molar-refractivity contribution >= 4 is 17.7 Å². The van der Waals surface area contributed by atoms with Crippen LogP contribution in [0.4, 0.5) is 0 Å². The Morgan fingerprint density at radius 3 is 2.09 bits per heavy atom. The van der Waals surface area contributed by atoms with Gasteiger partial charge in [-0.05, 0) is 24.0 Å². The fraction of sp³-hybridized carbons (Fsp3) is 0.560. The maximum atomic E-state index is 11.8. The third-order valence-electron chi connectivity index (χ3n) is 6.45. The number of allylic oxidation sites excluding steroid dienone is 3. The minimum atomic E-state index is -1.00. The Balaban J connectivity index is 0.000000321. The molecular formula is C25H36O9. The molecule has 1 heterocycles. The number of ketones is 1. The molecule has 5 atom stereocenters. The van der Waals surface area contributed by atoms with Gasteiger partial charge in [0.05, 0.1) is 45.2 Å². The van der Waals surface area contributed by atoms with Gasteiger partial charge in [0.2, 0.25) is 6.29 Å². The quantitative estimate of drug-likeness (QED) is 0.406. The molecule has 0 radical (unpaired) electrons. The van der Waals surface area contributed by atoms with E-state index in [2.05, 4.69) is 4.74 Å². The van der Waals surface area contributed by atoms with E-state index in [9.17, 15) is 19.5 Å². The Morgan fingerprint density at radius 1 is 0.941 bits per heavy atom. The first kappa shape index (κ1) is 29.3. The van der Waals surface area contributed by atoms with E-state index in [1.165, 1.54) is 20.5 Å². The summed E-state index contributed by atoms with van der Waals surface area (Å²) in [4.78, 5) is 34.7. The molecule has 4 rings (SSSR count). The molecule has 0 aromatic carbocycles. The lowest BCUT2D eigenvalue weighted by molar-refractivity contribution is -0.142. The second kappa shape index (κ2) is 12.6. The molecule has 0 aromatic rings. The van der Waals surface area contributed by atoms with Crippen molar-refractivity contribution in [3.05, 3.63) is 46.8 Å². The summed E-state index contributed by atoms with van der Waals surface area (Å²) in [5.74, 6) is -1.68. The first-order valence-corrected chi connectivity index (χ1v) is 10.4. The standard InChI is InChI=1S/C12H14O4.C11H14O5.2CH4/c1-16-12(15)9-4-5-10(14)11-7(6-13)2-3-8(9)11;1-15-10(13)8-5-16-11(14)9-6(4-12)2-3-7(8)9;;/h2,4,8,11,13H,3,5-6H2,1H3;2,5,7,9,11-12,14H,3-4H2,1H3;2*1H4/t8-,11-;7-,9-,11-;;/m11../s1. The lowest BCUT2D eigenvalue weighted by Crippen LogP contribution is -2.35. The second-order valence-electron chi connectivity index (χ2n) is 7.98. The van der Waals surface area contributed by atoms with E-state index >= 15 is 0 Å². The van der Waals surface area contributed by atoms with Crippen LogP contribution in [0.3, 0.4) is 0 Å². The molecule has 9 heteroatoms. The van der Waals surface area contributed by atoms with Crippen molar-refractivity contribution in [2.75, 3.05) is 27.4 Å². The van der Waals surface area contributed by atoms with Crippen molar-refractivity contribution in [3.63, 3.8) is 0 Å². The van der Waals surface area contributed by atoms with Gasteiger partial charge in [0, 0.05) is 29.7 Å². The Bertz CT molecular complexity index is 896. The molecule has 3 N–H and O–H groups in total. The smallest absolute Gasteiger partial charge is 0.337 e. The van der Waals surface area contributed by atoms with Gasteiger partial charge >= 0.3 is 11.9 Å². The SMILES string of the molecule is C.C.COC(=O)C1=CCC(=O)[C@@H]2C(CO)=CC[C@H]12.COC(=O)C1=CO[C@@H](O)[C@@H]2C(CO)=CC[C@H]12. The topological polar surface area (TPSA) is 140 Å². The van der Waals surface area contributed by atoms with Gasteiger partial charge < -0.3 is 29.5 Å². The molecule has 0 fully saturated rings. The van der Waals surface area contributed by atoms with Crippen LogP contribution in [-0.4, -0.2) is 66.8 Å². The van der Waals surface area contributed by atoms with Crippen molar-refractivity contribution in [2.24, 2.45) is 23.7 Å². The van der Waals surface area contributed by atoms with E-state index in [0.717, 1.165) is 5.57 Å². The van der Waals surface area contributed by atoms with Gasteiger partial charge in [-0.2, -0.15) is 0 Å². The number of carbonyl (C=O) groups is 3. The van der Waals surface area contributed by atoms with E-state index in [-0.39, 0.29) is 69.9 Å². The maximum Gasteiger partial charge on any atom is 0.337 e. The molecular weight excluding hydrogens is 444 g/mol. The zero-order valence-corrected chi connectivity index (χ0v) is 18.0. The van der Waals surface area contributed by atoms with E-state index in [1.54, 1.807) is 6.08 Å². The number of methoxy groups -OCH3 is 2. The van der Waals surface area contributed by atoms with E-state index < -0.39 is 12.3 Å². The normalized spacial score (nSPS) is 28.5. The summed E-state index contributed by atoms with van der Waals surface area (Å²) >= 11 is 0. The third-order valence-corrected chi connectivity index (χ3v) is 6.45. The van der Waals surface area contributed by atoms with E-state index in [1.807, 2.05) is 12.2 Å². The highest BCUT2D eigenvalue weighted by Gasteiger charge is 2.43. The van der Waals surface area contributed by atoms with Crippen LogP contribution in [0.2, 0.25) is 0 Å². The lowest BCUT2D eigenvalue weighted by Gasteiger charge is -2.31. The van der Waals surface area contributed by atoms with Gasteiger partial charge in [-0.15, -0.1) is 0 Å². The first-order valence-electron chi connectivity index (χ1n) is 10.4. The van der Waals surface area contributed by atoms with E-state index in [4.69, 9.17) is 19.7 Å². The van der Waals surface area contributed by atoms with Crippen molar-refractivity contribution < 1.29 is 43.9 Å². The van der Waals surface area contributed by atoms with Crippen LogP contribution in [0.15, 0.2) is 46.8 Å². The molecule has 0 spiro atoms. The van der Waals surface area contributed by atoms with Gasteiger partial charge in [0.1, 0.15) is 5.78 Å². The number of carbonyl (C=O) groups excluding carboxylic acids is 3. The molecule has 0 saturated heterocycles. The van der Waals surface area contributed by atoms with Crippen molar-refractivity contribution in [3.8, 4) is 0 Å². The number of rotatable bonds is 4. The fourth-order valence-corrected chi connectivity index (χ4v) is 4.87. The number of hydrogen-bond donors (Lipinski definition) is 3. The molecule has 4 aliphatic rings. The number of aliphatic hydroxyl groups is 3. The molecule has 1 aliphatic heterocycles. The monoisotopic (exact) mass is 480 g/mol. The van der Waals surface area contributed by atoms with Gasteiger partial charge in [-0.1, -0.05) is 33.1 Å². The molecule has 0 amide bonds. The summed E-state index contributed by atoms with van der Waals surface area (Å²) in [5.41, 5.74) is 2.45. The zero-order chi connectivity index (χ0) is 23.4. The molecule has 0 saturated carbocycles. The molecule has 0 aromatic heterocycles. The zero-order valence-electron chi connectivity index (χ0n) is 18.0. The second-order valence-corrected chi connectivity index (χ2v) is 7.98. The number of hydrogen-bond acceptors (Lipinski definition) is 9. The summed E-state index contributed by atoms with van der Waals surface area (Å²) in [6.45, 7) is -0.239. The first-order chi connectivity index (χ1) is 15.4. The summed E-state index contributed by atoms with van der Waals surface area (Å²) in [5, 5.41) is 28.0. The Hall–Kier alpha value is -2.75. The predicted molar refractivity (Wildman–Crippen MR) is 124 cm³/mol. The van der Waals surface area contributed by atoms with Crippen LogP contribution in [0.1, 0.15) is 34.1 Å². The number of Topliss-reactive ketones (excluding diaryl/α,β-unsaturated/α-hetero) is 1. The van der Waals surface area contributed by atoms with Gasteiger partial charge in [0.25, 0.3) is 0 Å². The Labute approximate surface area is 200 Å². The number of aliphatic hydroxyl groups excluding tert-OH is 3. The van der Waals surface area contributed by atoms with E-state index in [0.29, 0.717) is 29.6 Å². The van der Waals surface area contributed by atoms with Crippen LogP contribution in [0.25, 0.3) is 0 Å². The van der Waals surface area contributed by atoms with Crippen LogP contribution < -0.4 is 0 Å². The van der Waals surface area contributed by atoms with Crippen LogP contribution in [0, 0.1) is 23.7 Å². The minimum Gasteiger partial charge on any atom is -0.472 e. The average molecular weight is 481 g/mol. The molecule has 9 nitrogen and oxygen atoms in total. The largest absolute Gasteiger partial charge is 0.472 e. The molecule has 0 bridgehead atoms. The molecule has 3 aliphatic carbocycles. The van der Waals surface area contributed by atoms with Crippen molar-refractivity contribution in [1.29, 1.82) is 0 Å². The highest BCUT2D eigenvalue weighted by Crippen LogP contribution is 2.43.